The summed E-state index contributed by atoms with van der Waals surface area (Å²) in [6, 6.07) is 0.588. The van der Waals surface area contributed by atoms with Gasteiger partial charge in [-0.2, -0.15) is 0 Å². The van der Waals surface area contributed by atoms with Crippen molar-refractivity contribution in [2.24, 2.45) is 18.9 Å². The highest BCUT2D eigenvalue weighted by Gasteiger charge is 2.42. The molecule has 1 aliphatic rings. The van der Waals surface area contributed by atoms with Crippen LogP contribution in [0.25, 0.3) is 0 Å². The Morgan fingerprint density at radius 1 is 1.38 bits per heavy atom. The number of aryl methyl sites for hydroxylation is 1. The molecule has 0 aliphatic heterocycles. The Kier molecular flexibility index (Phi) is 5.47. The third kappa shape index (κ3) is 3.50. The first-order valence-corrected chi connectivity index (χ1v) is 8.96. The lowest BCUT2D eigenvalue weighted by atomic mass is 9.65. The molecule has 0 aromatic carbocycles. The number of nitrogens with one attached hydrogen (secondary N) is 1. The van der Waals surface area contributed by atoms with Crippen molar-refractivity contribution in [1.29, 1.82) is 0 Å². The minimum absolute atomic E-state index is 0.0582. The number of hydrogen-bond acceptors (Lipinski definition) is 3. The van der Waals surface area contributed by atoms with Crippen LogP contribution in [0, 0.1) is 11.8 Å². The van der Waals surface area contributed by atoms with Gasteiger partial charge in [0.15, 0.2) is 4.60 Å². The number of hydrogen-bond donors (Lipinski definition) is 1. The summed E-state index contributed by atoms with van der Waals surface area (Å²) >= 11 is 3.59. The second-order valence-electron chi connectivity index (χ2n) is 7.16. The van der Waals surface area contributed by atoms with Crippen LogP contribution in [0.3, 0.4) is 0 Å². The highest BCUT2D eigenvalue weighted by Crippen LogP contribution is 2.43. The van der Waals surface area contributed by atoms with Gasteiger partial charge in [0, 0.05) is 18.5 Å². The second-order valence-corrected chi connectivity index (χ2v) is 7.91. The average molecular weight is 357 g/mol. The standard InChI is InChI=1S/C16H29BrN4/c1-6-9-18-13-10-11(2)7-8-12(13)16(3,4)14-15(17)19-20-21(14)5/h11-13,18H,6-10H2,1-5H3. The van der Waals surface area contributed by atoms with Gasteiger partial charge in [-0.25, -0.2) is 0 Å². The number of halogens is 1. The van der Waals surface area contributed by atoms with Gasteiger partial charge in [0.2, 0.25) is 0 Å². The van der Waals surface area contributed by atoms with Crippen molar-refractivity contribution in [3.05, 3.63) is 10.3 Å². The molecule has 1 N–H and O–H groups in total. The molecule has 1 saturated carbocycles. The molecule has 2 rings (SSSR count). The van der Waals surface area contributed by atoms with Crippen LogP contribution in [-0.4, -0.2) is 27.6 Å². The molecule has 0 bridgehead atoms. The largest absolute Gasteiger partial charge is 0.314 e. The molecule has 21 heavy (non-hydrogen) atoms. The van der Waals surface area contributed by atoms with Gasteiger partial charge < -0.3 is 5.32 Å². The highest BCUT2D eigenvalue weighted by molar-refractivity contribution is 9.10. The van der Waals surface area contributed by atoms with Crippen molar-refractivity contribution >= 4 is 15.9 Å². The van der Waals surface area contributed by atoms with Crippen LogP contribution in [0.5, 0.6) is 0 Å². The zero-order valence-corrected chi connectivity index (χ0v) is 15.6. The Hall–Kier alpha value is -0.420. The van der Waals surface area contributed by atoms with Crippen molar-refractivity contribution < 1.29 is 0 Å². The molecule has 1 aromatic rings. The van der Waals surface area contributed by atoms with E-state index in [-0.39, 0.29) is 5.41 Å². The van der Waals surface area contributed by atoms with Crippen molar-refractivity contribution in [3.63, 3.8) is 0 Å². The number of rotatable bonds is 5. The SMILES string of the molecule is CCCNC1CC(C)CCC1C(C)(C)c1c(Br)nnn1C. The van der Waals surface area contributed by atoms with E-state index in [1.807, 2.05) is 11.7 Å². The zero-order valence-electron chi connectivity index (χ0n) is 14.0. The Morgan fingerprint density at radius 3 is 2.67 bits per heavy atom. The maximum atomic E-state index is 4.19. The van der Waals surface area contributed by atoms with Gasteiger partial charge in [0.25, 0.3) is 0 Å². The molecule has 0 radical (unpaired) electrons. The molecule has 1 fully saturated rings. The van der Waals surface area contributed by atoms with Crippen molar-refractivity contribution in [1.82, 2.24) is 20.3 Å². The van der Waals surface area contributed by atoms with E-state index in [0.29, 0.717) is 12.0 Å². The van der Waals surface area contributed by atoms with Crippen LogP contribution < -0.4 is 5.32 Å². The van der Waals surface area contributed by atoms with E-state index in [1.165, 1.54) is 31.4 Å². The van der Waals surface area contributed by atoms with Crippen LogP contribution in [0.2, 0.25) is 0 Å². The van der Waals surface area contributed by atoms with Crippen LogP contribution in [0.15, 0.2) is 4.60 Å². The summed E-state index contributed by atoms with van der Waals surface area (Å²) in [5.74, 6) is 1.44. The summed E-state index contributed by atoms with van der Waals surface area (Å²) in [6.45, 7) is 10.4. The third-order valence-corrected chi connectivity index (χ3v) is 5.63. The van der Waals surface area contributed by atoms with E-state index in [0.717, 1.165) is 17.1 Å². The van der Waals surface area contributed by atoms with Crippen molar-refractivity contribution in [3.8, 4) is 0 Å². The van der Waals surface area contributed by atoms with Gasteiger partial charge in [0.1, 0.15) is 0 Å². The summed E-state index contributed by atoms with van der Waals surface area (Å²) in [5, 5.41) is 12.2. The fraction of sp³-hybridized carbons (Fsp3) is 0.875. The Morgan fingerprint density at radius 2 is 2.10 bits per heavy atom. The van der Waals surface area contributed by atoms with Gasteiger partial charge in [-0.3, -0.25) is 4.68 Å². The molecule has 0 spiro atoms. The van der Waals surface area contributed by atoms with Crippen LogP contribution in [0.1, 0.15) is 59.1 Å². The van der Waals surface area contributed by atoms with Gasteiger partial charge in [-0.1, -0.05) is 39.3 Å². The van der Waals surface area contributed by atoms with Crippen molar-refractivity contribution in [2.45, 2.75) is 64.8 Å². The summed E-state index contributed by atoms with van der Waals surface area (Å²) < 4.78 is 2.82. The quantitative estimate of drug-likeness (QED) is 0.875. The summed E-state index contributed by atoms with van der Waals surface area (Å²) in [5.41, 5.74) is 1.27. The first-order valence-electron chi connectivity index (χ1n) is 8.17. The van der Waals surface area contributed by atoms with Crippen LogP contribution in [0.4, 0.5) is 0 Å². The Bertz CT molecular complexity index is 449. The molecule has 0 saturated heterocycles. The molecular formula is C16H29BrN4. The van der Waals surface area contributed by atoms with E-state index < -0.39 is 0 Å². The minimum atomic E-state index is 0.0582. The molecular weight excluding hydrogens is 328 g/mol. The van der Waals surface area contributed by atoms with Crippen molar-refractivity contribution in [2.75, 3.05) is 6.54 Å². The normalized spacial score (nSPS) is 27.0. The maximum absolute atomic E-state index is 4.19. The van der Waals surface area contributed by atoms with Gasteiger partial charge in [-0.15, -0.1) is 5.10 Å². The lowest BCUT2D eigenvalue weighted by Gasteiger charge is -2.44. The average Bonchev–Trinajstić information content (AvgIpc) is 2.76. The lowest BCUT2D eigenvalue weighted by Crippen LogP contribution is -2.49. The van der Waals surface area contributed by atoms with E-state index in [1.54, 1.807) is 0 Å². The number of nitrogens with zero attached hydrogens (tertiary/aromatic N) is 3. The minimum Gasteiger partial charge on any atom is -0.314 e. The fourth-order valence-electron chi connectivity index (χ4n) is 3.99. The number of aromatic nitrogens is 3. The predicted molar refractivity (Wildman–Crippen MR) is 90.3 cm³/mol. The Balaban J connectivity index is 2.27. The highest BCUT2D eigenvalue weighted by atomic mass is 79.9. The molecule has 3 unspecified atom stereocenters. The van der Waals surface area contributed by atoms with E-state index in [4.69, 9.17) is 0 Å². The molecule has 1 heterocycles. The van der Waals surface area contributed by atoms with E-state index in [9.17, 15) is 0 Å². The third-order valence-electron chi connectivity index (χ3n) is 5.09. The van der Waals surface area contributed by atoms with Crippen LogP contribution in [-0.2, 0) is 12.5 Å². The molecule has 5 heteroatoms. The second kappa shape index (κ2) is 6.78. The van der Waals surface area contributed by atoms with E-state index in [2.05, 4.69) is 59.3 Å². The maximum Gasteiger partial charge on any atom is 0.152 e. The molecule has 1 aromatic heterocycles. The molecule has 0 amide bonds. The Labute approximate surface area is 137 Å². The first-order chi connectivity index (χ1) is 9.87. The first kappa shape index (κ1) is 16.9. The lowest BCUT2D eigenvalue weighted by molar-refractivity contribution is 0.140. The van der Waals surface area contributed by atoms with E-state index >= 15 is 0 Å². The summed E-state index contributed by atoms with van der Waals surface area (Å²) in [4.78, 5) is 0. The molecule has 3 atom stereocenters. The summed E-state index contributed by atoms with van der Waals surface area (Å²) in [6.07, 6.45) is 5.06. The molecule has 1 aliphatic carbocycles. The van der Waals surface area contributed by atoms with Crippen LogP contribution >= 0.6 is 15.9 Å². The van der Waals surface area contributed by atoms with Gasteiger partial charge in [-0.05, 0) is 53.6 Å². The topological polar surface area (TPSA) is 42.7 Å². The monoisotopic (exact) mass is 356 g/mol. The zero-order chi connectivity index (χ0) is 15.6. The van der Waals surface area contributed by atoms with Gasteiger partial charge >= 0.3 is 0 Å². The fourth-order valence-corrected chi connectivity index (χ4v) is 4.83. The van der Waals surface area contributed by atoms with Gasteiger partial charge in [0.05, 0.1) is 5.69 Å². The smallest absolute Gasteiger partial charge is 0.152 e. The summed E-state index contributed by atoms with van der Waals surface area (Å²) in [7, 11) is 1.99. The predicted octanol–water partition coefficient (Wildman–Crippen LogP) is 3.66. The molecule has 4 nitrogen and oxygen atoms in total. The molecule has 120 valence electrons.